The molecular weight excluding hydrogens is 242 g/mol. The van der Waals surface area contributed by atoms with Crippen LogP contribution in [0.4, 0.5) is 26.3 Å². The molecule has 0 N–H and O–H groups in total. The summed E-state index contributed by atoms with van der Waals surface area (Å²) in [6, 6.07) is 0. The number of rotatable bonds is 0. The first-order valence-electron chi connectivity index (χ1n) is 3.86. The van der Waals surface area contributed by atoms with Gasteiger partial charge in [-0.05, 0) is 6.92 Å². The van der Waals surface area contributed by atoms with Crippen molar-refractivity contribution in [1.82, 2.24) is 0 Å². The van der Waals surface area contributed by atoms with E-state index in [4.69, 9.17) is 0 Å². The number of halogens is 6. The van der Waals surface area contributed by atoms with Gasteiger partial charge in [0.1, 0.15) is 0 Å². The highest BCUT2D eigenvalue weighted by molar-refractivity contribution is 7.10. The predicted octanol–water partition coefficient (Wildman–Crippen LogP) is 3.89. The van der Waals surface area contributed by atoms with E-state index in [1.165, 1.54) is 0 Å². The topological polar surface area (TPSA) is 0 Å². The second-order valence-electron chi connectivity index (χ2n) is 3.30. The summed E-state index contributed by atoms with van der Waals surface area (Å²) in [4.78, 5) is -0.202. The van der Waals surface area contributed by atoms with Crippen LogP contribution in [0.1, 0.15) is 16.0 Å². The molecule has 0 unspecified atom stereocenters. The van der Waals surface area contributed by atoms with Crippen molar-refractivity contribution in [3.63, 3.8) is 0 Å². The summed E-state index contributed by atoms with van der Waals surface area (Å²) in [6.07, 6.45) is 0. The highest BCUT2D eigenvalue weighted by atomic mass is 32.1. The summed E-state index contributed by atoms with van der Waals surface area (Å²) < 4.78 is 77.8. The van der Waals surface area contributed by atoms with Gasteiger partial charge in [-0.1, -0.05) is 0 Å². The van der Waals surface area contributed by atoms with Crippen LogP contribution in [0.3, 0.4) is 0 Å². The van der Waals surface area contributed by atoms with Gasteiger partial charge in [-0.25, -0.2) is 0 Å². The third-order valence-corrected chi connectivity index (χ3v) is 3.33. The molecular formula is C8H4F6S. The number of aryl methyl sites for hydroxylation is 1. The van der Waals surface area contributed by atoms with Gasteiger partial charge in [-0.3, -0.25) is 0 Å². The van der Waals surface area contributed by atoms with Crippen LogP contribution in [0.5, 0.6) is 0 Å². The standard InChI is InChI=1S/C8H4F6S/c1-3-5-4(2-15-3)6(9,10)8(13,14)7(5,11)12/h2H,1H3. The summed E-state index contributed by atoms with van der Waals surface area (Å²) in [6.45, 7) is 1.12. The van der Waals surface area contributed by atoms with Gasteiger partial charge in [0.2, 0.25) is 0 Å². The molecule has 1 aromatic heterocycles. The average Bonchev–Trinajstić information content (AvgIpc) is 2.50. The lowest BCUT2D eigenvalue weighted by Crippen LogP contribution is -2.43. The van der Waals surface area contributed by atoms with Crippen molar-refractivity contribution in [2.75, 3.05) is 0 Å². The molecule has 0 saturated carbocycles. The monoisotopic (exact) mass is 246 g/mol. The lowest BCUT2D eigenvalue weighted by atomic mass is 10.1. The quantitative estimate of drug-likeness (QED) is 0.609. The molecule has 1 aliphatic carbocycles. The fourth-order valence-corrected chi connectivity index (χ4v) is 2.52. The minimum absolute atomic E-state index is 0.202. The van der Waals surface area contributed by atoms with Gasteiger partial charge >= 0.3 is 17.8 Å². The first-order valence-corrected chi connectivity index (χ1v) is 4.74. The summed E-state index contributed by atoms with van der Waals surface area (Å²) in [5, 5.41) is 0.666. The Morgan fingerprint density at radius 1 is 1.00 bits per heavy atom. The van der Waals surface area contributed by atoms with E-state index in [0.29, 0.717) is 16.7 Å². The SMILES string of the molecule is Cc1scc2c1C(F)(F)C(F)(F)C2(F)F. The molecule has 0 radical (unpaired) electrons. The van der Waals surface area contributed by atoms with Gasteiger partial charge < -0.3 is 0 Å². The molecule has 0 fully saturated rings. The number of hydrogen-bond acceptors (Lipinski definition) is 1. The van der Waals surface area contributed by atoms with Crippen molar-refractivity contribution >= 4 is 11.3 Å². The van der Waals surface area contributed by atoms with Crippen LogP contribution in [0, 0.1) is 6.92 Å². The third-order valence-electron chi connectivity index (χ3n) is 2.42. The van der Waals surface area contributed by atoms with Gasteiger partial charge in [0.05, 0.1) is 5.56 Å². The zero-order valence-electron chi connectivity index (χ0n) is 7.25. The zero-order valence-corrected chi connectivity index (χ0v) is 8.07. The molecule has 1 heterocycles. The smallest absolute Gasteiger partial charge is 0.194 e. The molecule has 0 aliphatic heterocycles. The summed E-state index contributed by atoms with van der Waals surface area (Å²) >= 11 is 0.619. The van der Waals surface area contributed by atoms with E-state index in [1.807, 2.05) is 0 Å². The van der Waals surface area contributed by atoms with Crippen molar-refractivity contribution in [2.24, 2.45) is 0 Å². The number of alkyl halides is 6. The van der Waals surface area contributed by atoms with E-state index < -0.39 is 28.9 Å². The normalized spacial score (nSPS) is 25.3. The molecule has 1 aromatic rings. The molecule has 2 rings (SSSR count). The van der Waals surface area contributed by atoms with E-state index in [2.05, 4.69) is 0 Å². The molecule has 0 saturated heterocycles. The van der Waals surface area contributed by atoms with Crippen LogP contribution < -0.4 is 0 Å². The molecule has 0 aromatic carbocycles. The van der Waals surface area contributed by atoms with Crippen molar-refractivity contribution in [2.45, 2.75) is 24.7 Å². The Kier molecular flexibility index (Phi) is 1.80. The first kappa shape index (κ1) is 10.8. The predicted molar refractivity (Wildman–Crippen MR) is 41.8 cm³/mol. The average molecular weight is 246 g/mol. The molecule has 7 heteroatoms. The molecule has 1 aliphatic rings. The van der Waals surface area contributed by atoms with Crippen LogP contribution >= 0.6 is 11.3 Å². The van der Waals surface area contributed by atoms with Gasteiger partial charge in [0, 0.05) is 15.8 Å². The Hall–Kier alpha value is -0.720. The van der Waals surface area contributed by atoms with E-state index in [-0.39, 0.29) is 4.88 Å². The number of hydrogen-bond donors (Lipinski definition) is 0. The maximum absolute atomic E-state index is 13.1. The molecule has 0 amide bonds. The molecule has 15 heavy (non-hydrogen) atoms. The molecule has 0 atom stereocenters. The van der Waals surface area contributed by atoms with E-state index in [1.54, 1.807) is 0 Å². The Morgan fingerprint density at radius 3 is 2.00 bits per heavy atom. The van der Waals surface area contributed by atoms with Crippen LogP contribution in [-0.2, 0) is 11.8 Å². The van der Waals surface area contributed by atoms with Crippen molar-refractivity contribution < 1.29 is 26.3 Å². The second kappa shape index (κ2) is 2.50. The van der Waals surface area contributed by atoms with E-state index >= 15 is 0 Å². The van der Waals surface area contributed by atoms with Crippen molar-refractivity contribution in [3.8, 4) is 0 Å². The highest BCUT2D eigenvalue weighted by Gasteiger charge is 2.79. The Morgan fingerprint density at radius 2 is 1.53 bits per heavy atom. The van der Waals surface area contributed by atoms with Crippen LogP contribution in [0.15, 0.2) is 5.38 Å². The highest BCUT2D eigenvalue weighted by Crippen LogP contribution is 2.64. The lowest BCUT2D eigenvalue weighted by Gasteiger charge is -2.24. The summed E-state index contributed by atoms with van der Waals surface area (Å²) in [5.41, 5.74) is -2.47. The molecule has 0 spiro atoms. The summed E-state index contributed by atoms with van der Waals surface area (Å²) in [7, 11) is 0. The van der Waals surface area contributed by atoms with Crippen LogP contribution in [-0.4, -0.2) is 5.92 Å². The maximum atomic E-state index is 13.1. The van der Waals surface area contributed by atoms with Gasteiger partial charge in [-0.15, -0.1) is 11.3 Å². The van der Waals surface area contributed by atoms with Gasteiger partial charge in [0.25, 0.3) is 0 Å². The zero-order chi connectivity index (χ0) is 11.6. The maximum Gasteiger partial charge on any atom is 0.380 e. The lowest BCUT2D eigenvalue weighted by molar-refractivity contribution is -0.302. The molecule has 0 nitrogen and oxygen atoms in total. The van der Waals surface area contributed by atoms with E-state index in [0.717, 1.165) is 6.92 Å². The van der Waals surface area contributed by atoms with E-state index in [9.17, 15) is 26.3 Å². The molecule has 84 valence electrons. The minimum Gasteiger partial charge on any atom is -0.194 e. The van der Waals surface area contributed by atoms with Crippen LogP contribution in [0.2, 0.25) is 0 Å². The third kappa shape index (κ3) is 0.945. The summed E-state index contributed by atoms with van der Waals surface area (Å²) in [5.74, 6) is -14.9. The minimum atomic E-state index is -5.34. The Balaban J connectivity index is 2.79. The van der Waals surface area contributed by atoms with Crippen LogP contribution in [0.25, 0.3) is 0 Å². The molecule has 0 bridgehead atoms. The fourth-order valence-electron chi connectivity index (χ4n) is 1.60. The largest absolute Gasteiger partial charge is 0.380 e. The van der Waals surface area contributed by atoms with Crippen molar-refractivity contribution in [1.29, 1.82) is 0 Å². The van der Waals surface area contributed by atoms with Gasteiger partial charge in [0.15, 0.2) is 0 Å². The van der Waals surface area contributed by atoms with Crippen molar-refractivity contribution in [3.05, 3.63) is 21.4 Å². The Bertz CT molecular complexity index is 419. The fraction of sp³-hybridized carbons (Fsp3) is 0.500. The van der Waals surface area contributed by atoms with Gasteiger partial charge in [-0.2, -0.15) is 26.3 Å². The second-order valence-corrected chi connectivity index (χ2v) is 4.39. The first-order chi connectivity index (χ1) is 6.64. The number of thiophene rings is 1. The Labute approximate surface area is 84.5 Å². The number of fused-ring (bicyclic) bond motifs is 1.